The highest BCUT2D eigenvalue weighted by molar-refractivity contribution is 5.77. The molecule has 31 heavy (non-hydrogen) atoms. The van der Waals surface area contributed by atoms with Crippen molar-refractivity contribution in [2.75, 3.05) is 6.61 Å². The summed E-state index contributed by atoms with van der Waals surface area (Å²) in [4.78, 5) is 15.2. The number of hydrogen-bond donors (Lipinski definition) is 0. The Morgan fingerprint density at radius 1 is 0.968 bits per heavy atom. The molecule has 0 N–H and O–H groups in total. The van der Waals surface area contributed by atoms with Crippen molar-refractivity contribution in [3.05, 3.63) is 65.2 Å². The maximum absolute atomic E-state index is 13.1. The van der Waals surface area contributed by atoms with Crippen LogP contribution in [0, 0.1) is 5.92 Å². The summed E-state index contributed by atoms with van der Waals surface area (Å²) < 4.78 is 43.6. The molecule has 0 aromatic heterocycles. The van der Waals surface area contributed by atoms with E-state index in [1.807, 2.05) is 11.0 Å². The molecule has 2 aromatic rings. The summed E-state index contributed by atoms with van der Waals surface area (Å²) in [5.41, 5.74) is 1.83. The maximum atomic E-state index is 13.1. The Labute approximate surface area is 181 Å². The van der Waals surface area contributed by atoms with Crippen LogP contribution in [-0.4, -0.2) is 23.5 Å². The third-order valence-corrected chi connectivity index (χ3v) is 6.57. The lowest BCUT2D eigenvalue weighted by molar-refractivity contribution is -0.138. The second-order valence-corrected chi connectivity index (χ2v) is 8.58. The molecule has 1 heterocycles. The van der Waals surface area contributed by atoms with Crippen molar-refractivity contribution in [3.63, 3.8) is 0 Å². The predicted octanol–water partition coefficient (Wildman–Crippen LogP) is 6.01. The van der Waals surface area contributed by atoms with Crippen LogP contribution >= 0.6 is 0 Å². The van der Waals surface area contributed by atoms with Crippen molar-refractivity contribution in [3.8, 4) is 5.75 Å². The van der Waals surface area contributed by atoms with Crippen LogP contribution in [0.5, 0.6) is 5.75 Å². The Morgan fingerprint density at radius 2 is 1.65 bits per heavy atom. The first kappa shape index (κ1) is 21.7. The Morgan fingerprint density at radius 3 is 2.32 bits per heavy atom. The molecule has 1 saturated carbocycles. The number of alkyl halides is 3. The summed E-state index contributed by atoms with van der Waals surface area (Å²) in [5.74, 6) is 0.924. The van der Waals surface area contributed by atoms with Crippen LogP contribution in [0.1, 0.15) is 55.2 Å². The number of hydrogen-bond acceptors (Lipinski definition) is 2. The number of benzene rings is 2. The highest BCUT2D eigenvalue weighted by atomic mass is 19.4. The van der Waals surface area contributed by atoms with Gasteiger partial charge in [-0.1, -0.05) is 43.5 Å². The molecule has 1 atom stereocenters. The van der Waals surface area contributed by atoms with Crippen LogP contribution in [0.15, 0.2) is 48.5 Å². The van der Waals surface area contributed by atoms with E-state index in [1.54, 1.807) is 0 Å². The highest BCUT2D eigenvalue weighted by Crippen LogP contribution is 2.35. The lowest BCUT2D eigenvalue weighted by atomic mass is 9.78. The molecule has 4 rings (SSSR count). The van der Waals surface area contributed by atoms with Crippen molar-refractivity contribution >= 4 is 5.91 Å². The largest absolute Gasteiger partial charge is 0.493 e. The quantitative estimate of drug-likeness (QED) is 0.580. The van der Waals surface area contributed by atoms with E-state index in [4.69, 9.17) is 4.74 Å². The van der Waals surface area contributed by atoms with Crippen LogP contribution in [0.25, 0.3) is 0 Å². The fourth-order valence-corrected chi connectivity index (χ4v) is 4.90. The van der Waals surface area contributed by atoms with Gasteiger partial charge in [-0.3, -0.25) is 4.79 Å². The van der Waals surface area contributed by atoms with Gasteiger partial charge in [-0.15, -0.1) is 0 Å². The van der Waals surface area contributed by atoms with Gasteiger partial charge in [-0.25, -0.2) is 0 Å². The lowest BCUT2D eigenvalue weighted by Crippen LogP contribution is -2.49. The van der Waals surface area contributed by atoms with Gasteiger partial charge in [0.25, 0.3) is 0 Å². The van der Waals surface area contributed by atoms with E-state index in [-0.39, 0.29) is 25.0 Å². The van der Waals surface area contributed by atoms with Gasteiger partial charge in [0.2, 0.25) is 5.91 Å². The maximum Gasteiger partial charge on any atom is 0.416 e. The molecule has 1 aliphatic carbocycles. The second kappa shape index (κ2) is 9.33. The Kier molecular flexibility index (Phi) is 6.54. The number of nitrogens with zero attached hydrogens (tertiary/aromatic N) is 1. The third kappa shape index (κ3) is 5.23. The van der Waals surface area contributed by atoms with Crippen LogP contribution in [0.3, 0.4) is 0 Å². The molecule has 0 spiro atoms. The summed E-state index contributed by atoms with van der Waals surface area (Å²) in [6.45, 7) is 0.774. The van der Waals surface area contributed by atoms with E-state index in [0.29, 0.717) is 18.2 Å². The Hall–Kier alpha value is -2.50. The van der Waals surface area contributed by atoms with Crippen LogP contribution in [-0.2, 0) is 23.9 Å². The van der Waals surface area contributed by atoms with Crippen molar-refractivity contribution in [1.29, 1.82) is 0 Å². The summed E-state index contributed by atoms with van der Waals surface area (Å²) in [6.07, 6.45) is 2.79. The van der Waals surface area contributed by atoms with Crippen molar-refractivity contribution in [2.45, 2.75) is 63.7 Å². The molecule has 2 aliphatic rings. The molecule has 2 aromatic carbocycles. The van der Waals surface area contributed by atoms with Gasteiger partial charge in [0.05, 0.1) is 18.6 Å². The molecular weight excluding hydrogens is 403 g/mol. The Bertz CT molecular complexity index is 888. The number of amides is 1. The number of fused-ring (bicyclic) bond motifs is 1. The number of ether oxygens (including phenoxy) is 1. The SMILES string of the molecule is O=C(CCOc1ccc(C(F)(F)F)cc1)N1Cc2ccccc2CC1C1CCCCC1. The molecule has 1 unspecified atom stereocenters. The summed E-state index contributed by atoms with van der Waals surface area (Å²) in [5, 5.41) is 0. The molecule has 1 fully saturated rings. The third-order valence-electron chi connectivity index (χ3n) is 6.57. The van der Waals surface area contributed by atoms with E-state index in [0.717, 1.165) is 18.6 Å². The van der Waals surface area contributed by atoms with Gasteiger partial charge in [0.15, 0.2) is 0 Å². The van der Waals surface area contributed by atoms with Crippen LogP contribution < -0.4 is 4.74 Å². The van der Waals surface area contributed by atoms with Gasteiger partial charge in [0.1, 0.15) is 5.75 Å². The summed E-state index contributed by atoms with van der Waals surface area (Å²) in [7, 11) is 0. The molecule has 0 bridgehead atoms. The van der Waals surface area contributed by atoms with Gasteiger partial charge in [-0.05, 0) is 60.6 Å². The van der Waals surface area contributed by atoms with Gasteiger partial charge < -0.3 is 9.64 Å². The number of carbonyl (C=O) groups excluding carboxylic acids is 1. The fraction of sp³-hybridized carbons (Fsp3) is 0.480. The van der Waals surface area contributed by atoms with Crippen molar-refractivity contribution in [1.82, 2.24) is 4.90 Å². The molecule has 166 valence electrons. The molecule has 3 nitrogen and oxygen atoms in total. The number of halogens is 3. The van der Waals surface area contributed by atoms with E-state index in [2.05, 4.69) is 18.2 Å². The summed E-state index contributed by atoms with van der Waals surface area (Å²) >= 11 is 0. The minimum Gasteiger partial charge on any atom is -0.493 e. The van der Waals surface area contributed by atoms with Gasteiger partial charge >= 0.3 is 6.18 Å². The van der Waals surface area contributed by atoms with Crippen LogP contribution in [0.2, 0.25) is 0 Å². The topological polar surface area (TPSA) is 29.5 Å². The normalized spacial score (nSPS) is 19.7. The number of carbonyl (C=O) groups is 1. The molecule has 1 amide bonds. The highest BCUT2D eigenvalue weighted by Gasteiger charge is 2.35. The average molecular weight is 431 g/mol. The summed E-state index contributed by atoms with van der Waals surface area (Å²) in [6, 6.07) is 13.1. The second-order valence-electron chi connectivity index (χ2n) is 8.58. The van der Waals surface area contributed by atoms with E-state index in [1.165, 1.54) is 55.4 Å². The first-order valence-electron chi connectivity index (χ1n) is 11.1. The van der Waals surface area contributed by atoms with E-state index in [9.17, 15) is 18.0 Å². The molecular formula is C25H28F3NO2. The zero-order chi connectivity index (χ0) is 21.8. The smallest absolute Gasteiger partial charge is 0.416 e. The molecule has 1 aliphatic heterocycles. The molecule has 0 radical (unpaired) electrons. The minimum atomic E-state index is -4.37. The zero-order valence-electron chi connectivity index (χ0n) is 17.5. The molecule has 0 saturated heterocycles. The van der Waals surface area contributed by atoms with E-state index < -0.39 is 11.7 Å². The van der Waals surface area contributed by atoms with Crippen molar-refractivity contribution in [2.24, 2.45) is 5.92 Å². The zero-order valence-corrected chi connectivity index (χ0v) is 17.5. The van der Waals surface area contributed by atoms with E-state index >= 15 is 0 Å². The van der Waals surface area contributed by atoms with Gasteiger partial charge in [-0.2, -0.15) is 13.2 Å². The monoisotopic (exact) mass is 431 g/mol. The molecule has 6 heteroatoms. The minimum absolute atomic E-state index is 0.0528. The average Bonchev–Trinajstić information content (AvgIpc) is 2.78. The standard InChI is InChI=1S/C25H28F3NO2/c26-25(27,28)21-10-12-22(13-11-21)31-15-14-24(30)29-17-20-9-5-4-8-19(20)16-23(29)18-6-2-1-3-7-18/h4-5,8-13,18,23H,1-3,6-7,14-17H2. The first-order chi connectivity index (χ1) is 14.9. The lowest BCUT2D eigenvalue weighted by Gasteiger charge is -2.42. The van der Waals surface area contributed by atoms with Crippen molar-refractivity contribution < 1.29 is 22.7 Å². The van der Waals surface area contributed by atoms with Gasteiger partial charge in [0, 0.05) is 12.6 Å². The predicted molar refractivity (Wildman–Crippen MR) is 113 cm³/mol. The Balaban J connectivity index is 1.39. The fourth-order valence-electron chi connectivity index (χ4n) is 4.90. The first-order valence-corrected chi connectivity index (χ1v) is 11.1. The van der Waals surface area contributed by atoms with Crippen LogP contribution in [0.4, 0.5) is 13.2 Å². The number of rotatable bonds is 5.